The van der Waals surface area contributed by atoms with Gasteiger partial charge in [0, 0.05) is 11.6 Å². The van der Waals surface area contributed by atoms with Gasteiger partial charge in [-0.25, -0.2) is 0 Å². The van der Waals surface area contributed by atoms with Gasteiger partial charge in [0.05, 0.1) is 11.4 Å². The van der Waals surface area contributed by atoms with Crippen molar-refractivity contribution in [1.82, 2.24) is 0 Å². The van der Waals surface area contributed by atoms with Crippen molar-refractivity contribution in [1.29, 1.82) is 0 Å². The number of hydrogen-bond acceptors (Lipinski definition) is 2. The van der Waals surface area contributed by atoms with Crippen LogP contribution >= 0.6 is 11.6 Å². The predicted molar refractivity (Wildman–Crippen MR) is 73.0 cm³/mol. The number of nitrogens with one attached hydrogen (secondary N) is 1. The molecule has 0 aliphatic carbocycles. The van der Waals surface area contributed by atoms with Gasteiger partial charge in [0.1, 0.15) is 0 Å². The summed E-state index contributed by atoms with van der Waals surface area (Å²) in [5.74, 6) is 0.788. The fourth-order valence-corrected chi connectivity index (χ4v) is 1.75. The van der Waals surface area contributed by atoms with Gasteiger partial charge in [0.15, 0.2) is 0 Å². The molecule has 16 heavy (non-hydrogen) atoms. The number of unbranched alkanes of at least 4 members (excludes halogenated alkanes) is 1. The largest absolute Gasteiger partial charge is 0.397 e. The van der Waals surface area contributed by atoms with Crippen LogP contribution in [0.25, 0.3) is 0 Å². The fourth-order valence-electron chi connectivity index (χ4n) is 1.58. The van der Waals surface area contributed by atoms with E-state index in [1.165, 1.54) is 19.3 Å². The van der Waals surface area contributed by atoms with Gasteiger partial charge in [0.2, 0.25) is 0 Å². The molecule has 1 rings (SSSR count). The van der Waals surface area contributed by atoms with Crippen molar-refractivity contribution in [2.24, 2.45) is 5.92 Å². The normalized spacial score (nSPS) is 10.8. The Bertz CT molecular complexity index is 324. The van der Waals surface area contributed by atoms with Crippen molar-refractivity contribution in [3.8, 4) is 0 Å². The monoisotopic (exact) mass is 240 g/mol. The number of nitrogens with two attached hydrogens (primary N) is 1. The van der Waals surface area contributed by atoms with Crippen LogP contribution in [0.5, 0.6) is 0 Å². The summed E-state index contributed by atoms with van der Waals surface area (Å²) < 4.78 is 0. The molecule has 0 aromatic heterocycles. The summed E-state index contributed by atoms with van der Waals surface area (Å²) in [7, 11) is 0. The molecule has 90 valence electrons. The average molecular weight is 241 g/mol. The zero-order valence-corrected chi connectivity index (χ0v) is 10.8. The van der Waals surface area contributed by atoms with Crippen molar-refractivity contribution in [2.45, 2.75) is 33.1 Å². The van der Waals surface area contributed by atoms with Crippen LogP contribution in [0.15, 0.2) is 18.2 Å². The molecular weight excluding hydrogens is 220 g/mol. The lowest BCUT2D eigenvalue weighted by Gasteiger charge is -2.10. The van der Waals surface area contributed by atoms with E-state index in [9.17, 15) is 0 Å². The van der Waals surface area contributed by atoms with E-state index >= 15 is 0 Å². The highest BCUT2D eigenvalue weighted by Crippen LogP contribution is 2.22. The molecule has 0 fully saturated rings. The third-order valence-electron chi connectivity index (χ3n) is 2.54. The summed E-state index contributed by atoms with van der Waals surface area (Å²) >= 11 is 5.90. The standard InChI is InChI=1S/C13H21ClN2/c1-10(2)5-3-4-8-16-13-9-11(14)6-7-12(13)15/h6-7,9-10,16H,3-5,8,15H2,1-2H3. The van der Waals surface area contributed by atoms with Gasteiger partial charge in [-0.2, -0.15) is 0 Å². The molecule has 2 nitrogen and oxygen atoms in total. The summed E-state index contributed by atoms with van der Waals surface area (Å²) in [4.78, 5) is 0. The molecule has 0 radical (unpaired) electrons. The minimum Gasteiger partial charge on any atom is -0.397 e. The summed E-state index contributed by atoms with van der Waals surface area (Å²) in [6.07, 6.45) is 3.71. The summed E-state index contributed by atoms with van der Waals surface area (Å²) in [6.45, 7) is 5.46. The Hall–Kier alpha value is -0.890. The Kier molecular flexibility index (Phi) is 5.47. The minimum atomic E-state index is 0.721. The third kappa shape index (κ3) is 4.75. The Morgan fingerprint density at radius 2 is 2.06 bits per heavy atom. The van der Waals surface area contributed by atoms with E-state index in [4.69, 9.17) is 17.3 Å². The topological polar surface area (TPSA) is 38.0 Å². The Balaban J connectivity index is 2.29. The lowest BCUT2D eigenvalue weighted by Crippen LogP contribution is -2.04. The van der Waals surface area contributed by atoms with E-state index in [2.05, 4.69) is 19.2 Å². The lowest BCUT2D eigenvalue weighted by atomic mass is 10.1. The molecule has 0 amide bonds. The van der Waals surface area contributed by atoms with Gasteiger partial charge in [-0.1, -0.05) is 38.3 Å². The van der Waals surface area contributed by atoms with Gasteiger partial charge in [0.25, 0.3) is 0 Å². The van der Waals surface area contributed by atoms with Gasteiger partial charge in [-0.3, -0.25) is 0 Å². The Morgan fingerprint density at radius 3 is 2.75 bits per heavy atom. The fraction of sp³-hybridized carbons (Fsp3) is 0.538. The summed E-state index contributed by atoms with van der Waals surface area (Å²) in [5.41, 5.74) is 7.53. The molecule has 3 heteroatoms. The van der Waals surface area contributed by atoms with E-state index in [1.807, 2.05) is 12.1 Å². The van der Waals surface area contributed by atoms with Crippen LogP contribution in [0.4, 0.5) is 11.4 Å². The first-order valence-electron chi connectivity index (χ1n) is 5.88. The molecule has 0 aliphatic heterocycles. The summed E-state index contributed by atoms with van der Waals surface area (Å²) in [5, 5.41) is 4.04. The molecule has 1 aromatic carbocycles. The lowest BCUT2D eigenvalue weighted by molar-refractivity contribution is 0.545. The molecule has 0 saturated heterocycles. The van der Waals surface area contributed by atoms with E-state index < -0.39 is 0 Å². The number of rotatable bonds is 6. The van der Waals surface area contributed by atoms with Crippen molar-refractivity contribution in [2.75, 3.05) is 17.6 Å². The van der Waals surface area contributed by atoms with Crippen molar-refractivity contribution in [3.63, 3.8) is 0 Å². The first-order chi connectivity index (χ1) is 7.59. The van der Waals surface area contributed by atoms with E-state index in [-0.39, 0.29) is 0 Å². The van der Waals surface area contributed by atoms with Gasteiger partial charge in [-0.15, -0.1) is 0 Å². The molecule has 3 N–H and O–H groups in total. The number of halogens is 1. The highest BCUT2D eigenvalue weighted by atomic mass is 35.5. The quantitative estimate of drug-likeness (QED) is 0.579. The average Bonchev–Trinajstić information content (AvgIpc) is 2.22. The van der Waals surface area contributed by atoms with Crippen LogP contribution in [0.2, 0.25) is 5.02 Å². The minimum absolute atomic E-state index is 0.721. The molecule has 0 unspecified atom stereocenters. The molecule has 0 heterocycles. The van der Waals surface area contributed by atoms with E-state index in [0.717, 1.165) is 28.9 Å². The van der Waals surface area contributed by atoms with Crippen molar-refractivity contribution < 1.29 is 0 Å². The molecule has 0 aliphatic rings. The predicted octanol–water partition coefficient (Wildman–Crippen LogP) is 4.16. The SMILES string of the molecule is CC(C)CCCCNc1cc(Cl)ccc1N. The molecule has 0 atom stereocenters. The summed E-state index contributed by atoms with van der Waals surface area (Å²) in [6, 6.07) is 5.51. The Labute approximate surface area is 103 Å². The first-order valence-corrected chi connectivity index (χ1v) is 6.26. The number of hydrogen-bond donors (Lipinski definition) is 2. The van der Waals surface area contributed by atoms with Crippen LogP contribution in [0.1, 0.15) is 33.1 Å². The molecule has 1 aromatic rings. The van der Waals surface area contributed by atoms with Gasteiger partial charge < -0.3 is 11.1 Å². The van der Waals surface area contributed by atoms with E-state index in [0.29, 0.717) is 0 Å². The molecule has 0 spiro atoms. The highest BCUT2D eigenvalue weighted by molar-refractivity contribution is 6.31. The zero-order valence-electron chi connectivity index (χ0n) is 10.1. The first kappa shape index (κ1) is 13.2. The molecule has 0 saturated carbocycles. The maximum absolute atomic E-state index is 5.90. The third-order valence-corrected chi connectivity index (χ3v) is 2.77. The zero-order chi connectivity index (χ0) is 12.0. The number of anilines is 2. The number of nitrogen functional groups attached to an aromatic ring is 1. The van der Waals surface area contributed by atoms with Crippen LogP contribution in [-0.4, -0.2) is 6.54 Å². The maximum Gasteiger partial charge on any atom is 0.0588 e. The van der Waals surface area contributed by atoms with Gasteiger partial charge in [-0.05, 0) is 30.5 Å². The van der Waals surface area contributed by atoms with Crippen molar-refractivity contribution >= 4 is 23.0 Å². The van der Waals surface area contributed by atoms with Gasteiger partial charge >= 0.3 is 0 Å². The van der Waals surface area contributed by atoms with Crippen LogP contribution in [0.3, 0.4) is 0 Å². The number of benzene rings is 1. The van der Waals surface area contributed by atoms with Crippen LogP contribution in [0, 0.1) is 5.92 Å². The van der Waals surface area contributed by atoms with E-state index in [1.54, 1.807) is 6.07 Å². The highest BCUT2D eigenvalue weighted by Gasteiger charge is 1.99. The van der Waals surface area contributed by atoms with Crippen molar-refractivity contribution in [3.05, 3.63) is 23.2 Å². The molecule has 0 bridgehead atoms. The van der Waals surface area contributed by atoms with Crippen LogP contribution < -0.4 is 11.1 Å². The second kappa shape index (κ2) is 6.64. The van der Waals surface area contributed by atoms with Crippen LogP contribution in [-0.2, 0) is 0 Å². The smallest absolute Gasteiger partial charge is 0.0588 e. The second-order valence-electron chi connectivity index (χ2n) is 4.55. The molecular formula is C13H21ClN2. The Morgan fingerprint density at radius 1 is 1.31 bits per heavy atom. The maximum atomic E-state index is 5.90. The second-order valence-corrected chi connectivity index (χ2v) is 4.98.